The Hall–Kier alpha value is -0.930. The van der Waals surface area contributed by atoms with Gasteiger partial charge in [0.25, 0.3) is 0 Å². The fourth-order valence-corrected chi connectivity index (χ4v) is 3.05. The molecule has 3 heteroatoms. The molecule has 0 spiro atoms. The van der Waals surface area contributed by atoms with Gasteiger partial charge in [0.2, 0.25) is 0 Å². The van der Waals surface area contributed by atoms with Crippen LogP contribution in [-0.2, 0) is 6.42 Å². The van der Waals surface area contributed by atoms with Crippen LogP contribution in [0.2, 0.25) is 0 Å². The van der Waals surface area contributed by atoms with E-state index >= 15 is 0 Å². The molecule has 1 aliphatic carbocycles. The van der Waals surface area contributed by atoms with Crippen LogP contribution in [0.4, 0.5) is 4.39 Å². The highest BCUT2D eigenvalue weighted by atomic mass is 19.1. The van der Waals surface area contributed by atoms with Crippen LogP contribution in [0.5, 0.6) is 0 Å². The van der Waals surface area contributed by atoms with Gasteiger partial charge in [-0.15, -0.1) is 0 Å². The van der Waals surface area contributed by atoms with Crippen molar-refractivity contribution in [3.05, 3.63) is 35.6 Å². The summed E-state index contributed by atoms with van der Waals surface area (Å²) < 4.78 is 13.4. The fraction of sp³-hybridized carbons (Fsp3) is 0.667. The van der Waals surface area contributed by atoms with Gasteiger partial charge < -0.3 is 5.73 Å². The van der Waals surface area contributed by atoms with E-state index in [9.17, 15) is 4.39 Å². The van der Waals surface area contributed by atoms with Crippen LogP contribution in [0.1, 0.15) is 45.6 Å². The van der Waals surface area contributed by atoms with Crippen LogP contribution in [0, 0.1) is 11.7 Å². The van der Waals surface area contributed by atoms with Crippen molar-refractivity contribution in [3.8, 4) is 0 Å². The average molecular weight is 292 g/mol. The van der Waals surface area contributed by atoms with Crippen molar-refractivity contribution in [2.45, 2.75) is 58.0 Å². The van der Waals surface area contributed by atoms with Crippen molar-refractivity contribution in [2.75, 3.05) is 13.1 Å². The first-order valence-corrected chi connectivity index (χ1v) is 8.16. The van der Waals surface area contributed by atoms with Gasteiger partial charge in [-0.25, -0.2) is 4.39 Å². The molecule has 2 N–H and O–H groups in total. The Kier molecular flexibility index (Phi) is 5.39. The zero-order chi connectivity index (χ0) is 15.5. The molecule has 1 unspecified atom stereocenters. The maximum atomic E-state index is 13.4. The highest BCUT2D eigenvalue weighted by molar-refractivity contribution is 5.19. The van der Waals surface area contributed by atoms with E-state index in [-0.39, 0.29) is 11.4 Å². The molecule has 0 bridgehead atoms. The van der Waals surface area contributed by atoms with Crippen molar-refractivity contribution < 1.29 is 4.39 Å². The van der Waals surface area contributed by atoms with Crippen LogP contribution >= 0.6 is 0 Å². The molecule has 1 aromatic rings. The first-order chi connectivity index (χ1) is 9.94. The van der Waals surface area contributed by atoms with Crippen molar-refractivity contribution in [1.82, 2.24) is 4.90 Å². The zero-order valence-corrected chi connectivity index (χ0v) is 13.6. The minimum atomic E-state index is -0.160. The number of halogens is 1. The lowest BCUT2D eigenvalue weighted by molar-refractivity contribution is 0.0943. The molecule has 118 valence electrons. The average Bonchev–Trinajstić information content (AvgIpc) is 3.23. The molecule has 0 heterocycles. The predicted molar refractivity (Wildman–Crippen MR) is 86.7 cm³/mol. The third kappa shape index (κ3) is 4.52. The molecule has 1 aromatic carbocycles. The molecule has 1 aliphatic rings. The van der Waals surface area contributed by atoms with Crippen molar-refractivity contribution in [2.24, 2.45) is 11.7 Å². The Morgan fingerprint density at radius 3 is 2.62 bits per heavy atom. The molecule has 0 saturated heterocycles. The molecule has 1 saturated carbocycles. The second-order valence-electron chi connectivity index (χ2n) is 7.11. The molecule has 0 amide bonds. The lowest BCUT2D eigenvalue weighted by Gasteiger charge is -2.42. The molecule has 21 heavy (non-hydrogen) atoms. The third-order valence-electron chi connectivity index (χ3n) is 4.54. The van der Waals surface area contributed by atoms with Crippen LogP contribution in [0.15, 0.2) is 24.3 Å². The standard InChI is InChI=1S/C18H29FN2/c1-14(2)9-10-21(17-7-8-17)18(3,13-20)12-15-5-4-6-16(19)11-15/h4-6,11,14,17H,7-10,12-13,20H2,1-3H3. The Morgan fingerprint density at radius 1 is 1.38 bits per heavy atom. The number of hydrogen-bond acceptors (Lipinski definition) is 2. The molecular weight excluding hydrogens is 263 g/mol. The van der Waals surface area contributed by atoms with Gasteiger partial charge in [-0.1, -0.05) is 26.0 Å². The Labute approximate surface area is 128 Å². The van der Waals surface area contributed by atoms with Gasteiger partial charge in [0, 0.05) is 18.1 Å². The third-order valence-corrected chi connectivity index (χ3v) is 4.54. The molecule has 0 aromatic heterocycles. The van der Waals surface area contributed by atoms with Gasteiger partial charge in [0.15, 0.2) is 0 Å². The number of hydrogen-bond donors (Lipinski definition) is 1. The van der Waals surface area contributed by atoms with E-state index < -0.39 is 0 Å². The van der Waals surface area contributed by atoms with Crippen LogP contribution in [0.3, 0.4) is 0 Å². The Morgan fingerprint density at radius 2 is 2.10 bits per heavy atom. The van der Waals surface area contributed by atoms with E-state index in [1.807, 2.05) is 6.07 Å². The lowest BCUT2D eigenvalue weighted by atomic mass is 9.90. The smallest absolute Gasteiger partial charge is 0.123 e. The van der Waals surface area contributed by atoms with E-state index in [1.54, 1.807) is 12.1 Å². The van der Waals surface area contributed by atoms with Gasteiger partial charge in [0.05, 0.1) is 0 Å². The summed E-state index contributed by atoms with van der Waals surface area (Å²) >= 11 is 0. The van der Waals surface area contributed by atoms with Crippen molar-refractivity contribution >= 4 is 0 Å². The summed E-state index contributed by atoms with van der Waals surface area (Å²) in [4.78, 5) is 2.58. The van der Waals surface area contributed by atoms with E-state index in [2.05, 4.69) is 25.7 Å². The summed E-state index contributed by atoms with van der Waals surface area (Å²) in [6.45, 7) is 8.45. The summed E-state index contributed by atoms with van der Waals surface area (Å²) in [5.74, 6) is 0.537. The summed E-state index contributed by atoms with van der Waals surface area (Å²) in [6.07, 6.45) is 4.55. The lowest BCUT2D eigenvalue weighted by Crippen LogP contribution is -2.54. The first-order valence-electron chi connectivity index (χ1n) is 8.16. The highest BCUT2D eigenvalue weighted by Gasteiger charge is 2.40. The van der Waals surface area contributed by atoms with Gasteiger partial charge >= 0.3 is 0 Å². The normalized spacial score (nSPS) is 18.2. The summed E-state index contributed by atoms with van der Waals surface area (Å²) in [5.41, 5.74) is 7.09. The van der Waals surface area contributed by atoms with Gasteiger partial charge in [-0.3, -0.25) is 4.90 Å². The van der Waals surface area contributed by atoms with E-state index in [4.69, 9.17) is 5.73 Å². The number of rotatable bonds is 8. The molecule has 2 nitrogen and oxygen atoms in total. The highest BCUT2D eigenvalue weighted by Crippen LogP contribution is 2.35. The Balaban J connectivity index is 2.12. The minimum absolute atomic E-state index is 0.0795. The summed E-state index contributed by atoms with van der Waals surface area (Å²) in [7, 11) is 0. The first kappa shape index (κ1) is 16.4. The van der Waals surface area contributed by atoms with Crippen molar-refractivity contribution in [1.29, 1.82) is 0 Å². The SMILES string of the molecule is CC(C)CCN(C1CC1)C(C)(CN)Cc1cccc(F)c1. The number of nitrogens with two attached hydrogens (primary N) is 1. The molecular formula is C18H29FN2. The number of benzene rings is 1. The van der Waals surface area contributed by atoms with Crippen LogP contribution in [-0.4, -0.2) is 29.6 Å². The van der Waals surface area contributed by atoms with E-state index in [0.717, 1.165) is 18.5 Å². The van der Waals surface area contributed by atoms with Crippen LogP contribution < -0.4 is 5.73 Å². The molecule has 0 radical (unpaired) electrons. The quantitative estimate of drug-likeness (QED) is 0.793. The van der Waals surface area contributed by atoms with E-state index in [1.165, 1.54) is 25.3 Å². The summed E-state index contributed by atoms with van der Waals surface area (Å²) in [6, 6.07) is 7.61. The maximum absolute atomic E-state index is 13.4. The number of nitrogens with zero attached hydrogens (tertiary/aromatic N) is 1. The summed E-state index contributed by atoms with van der Waals surface area (Å²) in [5, 5.41) is 0. The Bertz CT molecular complexity index is 456. The second kappa shape index (κ2) is 6.89. The molecule has 0 aliphatic heterocycles. The fourth-order valence-electron chi connectivity index (χ4n) is 3.05. The minimum Gasteiger partial charge on any atom is -0.329 e. The molecule has 1 atom stereocenters. The van der Waals surface area contributed by atoms with Crippen molar-refractivity contribution in [3.63, 3.8) is 0 Å². The van der Waals surface area contributed by atoms with Gasteiger partial charge in [-0.2, -0.15) is 0 Å². The van der Waals surface area contributed by atoms with E-state index in [0.29, 0.717) is 18.5 Å². The second-order valence-corrected chi connectivity index (χ2v) is 7.11. The zero-order valence-electron chi connectivity index (χ0n) is 13.6. The van der Waals surface area contributed by atoms with Gasteiger partial charge in [-0.05, 0) is 62.8 Å². The van der Waals surface area contributed by atoms with Gasteiger partial charge in [0.1, 0.15) is 5.82 Å². The molecule has 1 fully saturated rings. The van der Waals surface area contributed by atoms with Crippen LogP contribution in [0.25, 0.3) is 0 Å². The molecule has 2 rings (SSSR count). The largest absolute Gasteiger partial charge is 0.329 e. The monoisotopic (exact) mass is 292 g/mol. The topological polar surface area (TPSA) is 29.3 Å². The predicted octanol–water partition coefficient (Wildman–Crippen LogP) is 3.60. The maximum Gasteiger partial charge on any atom is 0.123 e.